The Morgan fingerprint density at radius 1 is 1.08 bits per heavy atom. The molecule has 0 heterocycles. The van der Waals surface area contributed by atoms with E-state index in [1.165, 1.54) is 24.3 Å². The molecule has 0 spiro atoms. The van der Waals surface area contributed by atoms with Crippen molar-refractivity contribution in [2.24, 2.45) is 0 Å². The second-order valence-corrected chi connectivity index (χ2v) is 8.30. The number of amides is 1. The number of carbonyl (C=O) groups is 1. The first-order chi connectivity index (χ1) is 12.2. The minimum absolute atomic E-state index is 0.0152. The van der Waals surface area contributed by atoms with Gasteiger partial charge < -0.3 is 4.74 Å². The molecule has 0 radical (unpaired) electrons. The van der Waals surface area contributed by atoms with Gasteiger partial charge in [0.05, 0.1) is 11.5 Å². The number of halogens is 2. The van der Waals surface area contributed by atoms with E-state index in [1.807, 2.05) is 30.7 Å². The second-order valence-electron chi connectivity index (χ2n) is 5.81. The van der Waals surface area contributed by atoms with E-state index in [9.17, 15) is 13.2 Å². The Morgan fingerprint density at radius 2 is 1.65 bits per heavy atom. The molecule has 0 aliphatic rings. The first kappa shape index (κ1) is 20.6. The van der Waals surface area contributed by atoms with Gasteiger partial charge in [0.25, 0.3) is 10.0 Å². The molecule has 1 amide bonds. The Balaban J connectivity index is 1.83. The highest BCUT2D eigenvalue weighted by Crippen LogP contribution is 2.26. The number of hydrogen-bond donors (Lipinski definition) is 1. The van der Waals surface area contributed by atoms with E-state index < -0.39 is 15.9 Å². The molecule has 0 aromatic heterocycles. The number of sulfonamides is 1. The summed E-state index contributed by atoms with van der Waals surface area (Å²) in [5.41, 5.74) is 1.82. The van der Waals surface area contributed by atoms with Crippen LogP contribution in [0.2, 0.25) is 10.0 Å². The lowest BCUT2D eigenvalue weighted by molar-refractivity contribution is -0.119. The van der Waals surface area contributed by atoms with Crippen LogP contribution < -0.4 is 9.46 Å². The van der Waals surface area contributed by atoms with E-state index in [4.69, 9.17) is 27.9 Å². The van der Waals surface area contributed by atoms with Gasteiger partial charge in [0.2, 0.25) is 5.91 Å². The van der Waals surface area contributed by atoms with Crippen LogP contribution in [0.1, 0.15) is 24.0 Å². The lowest BCUT2D eigenvalue weighted by Gasteiger charge is -2.10. The summed E-state index contributed by atoms with van der Waals surface area (Å²) in [6, 6.07) is 9.22. The smallest absolute Gasteiger partial charge is 0.264 e. The summed E-state index contributed by atoms with van der Waals surface area (Å²) in [7, 11) is -3.90. The molecule has 8 heteroatoms. The average molecular weight is 416 g/mol. The molecule has 0 aliphatic heterocycles. The van der Waals surface area contributed by atoms with Gasteiger partial charge in [-0.25, -0.2) is 13.1 Å². The zero-order valence-electron chi connectivity index (χ0n) is 14.4. The highest BCUT2D eigenvalue weighted by Gasteiger charge is 2.17. The van der Waals surface area contributed by atoms with Crippen LogP contribution in [-0.4, -0.2) is 20.9 Å². The Bertz CT molecular complexity index is 873. The van der Waals surface area contributed by atoms with Gasteiger partial charge in [0.15, 0.2) is 0 Å². The van der Waals surface area contributed by atoms with Crippen molar-refractivity contribution < 1.29 is 17.9 Å². The van der Waals surface area contributed by atoms with Crippen molar-refractivity contribution in [2.45, 2.75) is 31.6 Å². The van der Waals surface area contributed by atoms with Crippen molar-refractivity contribution in [1.29, 1.82) is 0 Å². The fourth-order valence-corrected chi connectivity index (χ4v) is 3.53. The van der Waals surface area contributed by atoms with Crippen LogP contribution in [-0.2, 0) is 14.8 Å². The molecule has 2 aromatic rings. The van der Waals surface area contributed by atoms with E-state index in [-0.39, 0.29) is 17.9 Å². The van der Waals surface area contributed by atoms with E-state index >= 15 is 0 Å². The zero-order valence-corrected chi connectivity index (χ0v) is 16.7. The quantitative estimate of drug-likeness (QED) is 0.684. The van der Waals surface area contributed by atoms with Crippen LogP contribution >= 0.6 is 23.2 Å². The summed E-state index contributed by atoms with van der Waals surface area (Å²) < 4.78 is 31.8. The van der Waals surface area contributed by atoms with Crippen molar-refractivity contribution in [3.8, 4) is 5.75 Å². The van der Waals surface area contributed by atoms with Gasteiger partial charge in [-0.2, -0.15) is 0 Å². The average Bonchev–Trinajstić information content (AvgIpc) is 2.56. The lowest BCUT2D eigenvalue weighted by Crippen LogP contribution is -2.30. The normalized spacial score (nSPS) is 11.2. The number of hydrogen-bond acceptors (Lipinski definition) is 4. The summed E-state index contributed by atoms with van der Waals surface area (Å²) in [6.07, 6.45) is 0.404. The maximum absolute atomic E-state index is 12.1. The van der Waals surface area contributed by atoms with Crippen molar-refractivity contribution in [2.75, 3.05) is 6.61 Å². The number of carbonyl (C=O) groups excluding carboxylic acids is 1. The van der Waals surface area contributed by atoms with Crippen LogP contribution in [0.25, 0.3) is 0 Å². The van der Waals surface area contributed by atoms with Gasteiger partial charge in [0.1, 0.15) is 5.75 Å². The van der Waals surface area contributed by atoms with Crippen LogP contribution in [0, 0.1) is 13.8 Å². The Kier molecular flexibility index (Phi) is 6.92. The monoisotopic (exact) mass is 415 g/mol. The van der Waals surface area contributed by atoms with Crippen LogP contribution in [0.5, 0.6) is 5.75 Å². The summed E-state index contributed by atoms with van der Waals surface area (Å²) in [5.74, 6) is 0.0746. The predicted octanol–water partition coefficient (Wildman–Crippen LogP) is 4.27. The van der Waals surface area contributed by atoms with Gasteiger partial charge in [0, 0.05) is 16.5 Å². The fourth-order valence-electron chi connectivity index (χ4n) is 2.29. The highest BCUT2D eigenvalue weighted by molar-refractivity contribution is 7.90. The van der Waals surface area contributed by atoms with Crippen LogP contribution in [0.15, 0.2) is 41.3 Å². The third-order valence-electron chi connectivity index (χ3n) is 3.60. The predicted molar refractivity (Wildman–Crippen MR) is 102 cm³/mol. The maximum Gasteiger partial charge on any atom is 0.264 e. The van der Waals surface area contributed by atoms with Crippen LogP contribution in [0.4, 0.5) is 0 Å². The second kappa shape index (κ2) is 8.75. The zero-order chi connectivity index (χ0) is 19.3. The van der Waals surface area contributed by atoms with E-state index in [0.29, 0.717) is 22.2 Å². The van der Waals surface area contributed by atoms with Gasteiger partial charge in [-0.05, 0) is 67.8 Å². The molecule has 2 rings (SSSR count). The Hall–Kier alpha value is -1.76. The summed E-state index contributed by atoms with van der Waals surface area (Å²) in [5, 5.41) is 1.12. The molecule has 26 heavy (non-hydrogen) atoms. The third-order valence-corrected chi connectivity index (χ3v) is 5.84. The Labute approximate surface area is 163 Å². The fraction of sp³-hybridized carbons (Fsp3) is 0.278. The number of ether oxygens (including phenoxy) is 1. The molecule has 0 bridgehead atoms. The van der Waals surface area contributed by atoms with E-state index in [0.717, 1.165) is 11.1 Å². The van der Waals surface area contributed by atoms with Crippen molar-refractivity contribution in [3.05, 3.63) is 57.6 Å². The van der Waals surface area contributed by atoms with E-state index in [2.05, 4.69) is 0 Å². The SMILES string of the molecule is Cc1cc(OCCCC(=O)NS(=O)(=O)c2ccc(Cl)cc2)cc(C)c1Cl. The molecule has 0 fully saturated rings. The molecule has 0 saturated carbocycles. The minimum atomic E-state index is -3.90. The van der Waals surface area contributed by atoms with E-state index in [1.54, 1.807) is 0 Å². The number of rotatable bonds is 7. The molecule has 1 N–H and O–H groups in total. The lowest BCUT2D eigenvalue weighted by atomic mass is 10.1. The molecular formula is C18H19Cl2NO4S. The molecule has 0 aliphatic carbocycles. The van der Waals surface area contributed by atoms with Gasteiger partial charge >= 0.3 is 0 Å². The van der Waals surface area contributed by atoms with Gasteiger partial charge in [-0.3, -0.25) is 4.79 Å². The summed E-state index contributed by atoms with van der Waals surface area (Å²) in [6.45, 7) is 4.06. The highest BCUT2D eigenvalue weighted by atomic mass is 35.5. The van der Waals surface area contributed by atoms with Crippen molar-refractivity contribution >= 4 is 39.1 Å². The van der Waals surface area contributed by atoms with Crippen molar-refractivity contribution in [3.63, 3.8) is 0 Å². The molecule has 0 unspecified atom stereocenters. The minimum Gasteiger partial charge on any atom is -0.494 e. The Morgan fingerprint density at radius 3 is 2.23 bits per heavy atom. The third kappa shape index (κ3) is 5.62. The molecule has 5 nitrogen and oxygen atoms in total. The molecule has 0 saturated heterocycles. The first-order valence-corrected chi connectivity index (χ1v) is 10.1. The first-order valence-electron chi connectivity index (χ1n) is 7.90. The summed E-state index contributed by atoms with van der Waals surface area (Å²) >= 11 is 11.8. The van der Waals surface area contributed by atoms with Crippen LogP contribution in [0.3, 0.4) is 0 Å². The summed E-state index contributed by atoms with van der Waals surface area (Å²) in [4.78, 5) is 11.9. The molecule has 0 atom stereocenters. The topological polar surface area (TPSA) is 72.5 Å². The maximum atomic E-state index is 12.1. The number of aryl methyl sites for hydroxylation is 2. The van der Waals surface area contributed by atoms with Crippen molar-refractivity contribution in [1.82, 2.24) is 4.72 Å². The largest absolute Gasteiger partial charge is 0.494 e. The van der Waals surface area contributed by atoms with Gasteiger partial charge in [-0.1, -0.05) is 23.2 Å². The number of nitrogens with one attached hydrogen (secondary N) is 1. The molecular weight excluding hydrogens is 397 g/mol. The standard InChI is InChI=1S/C18H19Cl2NO4S/c1-12-10-15(11-13(2)18(12)20)25-9-3-4-17(22)21-26(23,24)16-7-5-14(19)6-8-16/h5-8,10-11H,3-4,9H2,1-2H3,(H,21,22). The van der Waals surface area contributed by atoms with Gasteiger partial charge in [-0.15, -0.1) is 0 Å². The number of benzene rings is 2. The molecule has 2 aromatic carbocycles. The molecule has 140 valence electrons.